The first kappa shape index (κ1) is 21.7. The number of nitrogens with zero attached hydrogens (tertiary/aromatic N) is 2. The van der Waals surface area contributed by atoms with Crippen molar-refractivity contribution in [2.45, 2.75) is 13.1 Å². The maximum Gasteiger partial charge on any atom is 0.416 e. The number of aryl methyl sites for hydroxylation is 1. The summed E-state index contributed by atoms with van der Waals surface area (Å²) in [5.41, 5.74) is 4.10. The second kappa shape index (κ2) is 8.67. The minimum absolute atomic E-state index is 0.481. The Bertz CT molecular complexity index is 1440. The molecule has 1 aromatic heterocycles. The third-order valence-corrected chi connectivity index (χ3v) is 5.75. The van der Waals surface area contributed by atoms with Crippen LogP contribution in [0.1, 0.15) is 16.7 Å². The Kier molecular flexibility index (Phi) is 5.54. The minimum atomic E-state index is -4.41. The zero-order valence-electron chi connectivity index (χ0n) is 18.5. The van der Waals surface area contributed by atoms with Crippen LogP contribution in [0, 0.1) is 6.92 Å². The molecule has 1 heterocycles. The Hall–Kier alpha value is -4.12. The number of rotatable bonds is 4. The largest absolute Gasteiger partial charge is 0.416 e. The van der Waals surface area contributed by atoms with Crippen molar-refractivity contribution in [3.8, 4) is 5.69 Å². The van der Waals surface area contributed by atoms with Crippen LogP contribution in [-0.2, 0) is 6.18 Å². The summed E-state index contributed by atoms with van der Waals surface area (Å²) in [7, 11) is 0. The van der Waals surface area contributed by atoms with E-state index in [-0.39, 0.29) is 0 Å². The number of benzene rings is 4. The molecular weight excluding hydrogens is 433 g/mol. The molecular formula is C29H22F3N2+. The van der Waals surface area contributed by atoms with Gasteiger partial charge in [-0.2, -0.15) is 17.7 Å². The predicted molar refractivity (Wildman–Crippen MR) is 133 cm³/mol. The van der Waals surface area contributed by atoms with Crippen LogP contribution >= 0.6 is 0 Å². The summed E-state index contributed by atoms with van der Waals surface area (Å²) < 4.78 is 44.4. The number of hydrogen-bond acceptors (Lipinski definition) is 0. The maximum absolute atomic E-state index is 13.5. The number of para-hydroxylation sites is 3. The monoisotopic (exact) mass is 455 g/mol. The van der Waals surface area contributed by atoms with Gasteiger partial charge in [-0.1, -0.05) is 54.6 Å². The molecule has 4 aromatic carbocycles. The minimum Gasteiger partial charge on any atom is -0.316 e. The van der Waals surface area contributed by atoms with E-state index in [9.17, 15) is 13.2 Å². The van der Waals surface area contributed by atoms with Gasteiger partial charge in [0.05, 0.1) is 16.6 Å². The second-order valence-corrected chi connectivity index (χ2v) is 8.20. The van der Waals surface area contributed by atoms with Crippen molar-refractivity contribution in [3.05, 3.63) is 126 Å². The molecule has 0 fully saturated rings. The molecule has 5 heteroatoms. The van der Waals surface area contributed by atoms with E-state index in [1.165, 1.54) is 12.1 Å². The normalized spacial score (nSPS) is 11.5. The molecule has 0 bridgehead atoms. The van der Waals surface area contributed by atoms with Gasteiger partial charge in [0.1, 0.15) is 0 Å². The first-order valence-corrected chi connectivity index (χ1v) is 10.9. The third-order valence-electron chi connectivity index (χ3n) is 5.75. The van der Waals surface area contributed by atoms with E-state index < -0.39 is 11.7 Å². The highest BCUT2D eigenvalue weighted by Crippen LogP contribution is 2.33. The summed E-state index contributed by atoms with van der Waals surface area (Å²) in [5, 5.41) is 0.953. The fourth-order valence-corrected chi connectivity index (χ4v) is 4.20. The molecule has 0 aliphatic carbocycles. The molecule has 168 valence electrons. The lowest BCUT2D eigenvalue weighted by molar-refractivity contribution is -0.137. The Balaban J connectivity index is 1.74. The van der Waals surface area contributed by atoms with E-state index in [1.807, 2.05) is 102 Å². The summed E-state index contributed by atoms with van der Waals surface area (Å²) in [6, 6.07) is 31.9. The highest BCUT2D eigenvalue weighted by Gasteiger charge is 2.31. The van der Waals surface area contributed by atoms with E-state index in [0.29, 0.717) is 11.3 Å². The van der Waals surface area contributed by atoms with Crippen LogP contribution in [0.15, 0.2) is 109 Å². The predicted octanol–water partition coefficient (Wildman–Crippen LogP) is 7.91. The van der Waals surface area contributed by atoms with Crippen LogP contribution in [0.2, 0.25) is 0 Å². The standard InChI is InChI=1S/C29H22F3N2/c1-21-16-23(29(30,31)32)18-26(17-21)34-20-22(27-14-8-9-15-28(27)34)19-33(24-10-4-2-5-11-24)25-12-6-3-7-13-25/h2-20H,1H3/q+1. The molecule has 5 rings (SSSR count). The summed E-state index contributed by atoms with van der Waals surface area (Å²) in [5.74, 6) is 0. The molecule has 5 aromatic rings. The van der Waals surface area contributed by atoms with Crippen molar-refractivity contribution in [2.75, 3.05) is 0 Å². The van der Waals surface area contributed by atoms with Gasteiger partial charge in [0.25, 0.3) is 0 Å². The topological polar surface area (TPSA) is 7.94 Å². The van der Waals surface area contributed by atoms with Crippen LogP contribution < -0.4 is 4.58 Å². The quantitative estimate of drug-likeness (QED) is 0.192. The number of fused-ring (bicyclic) bond motifs is 1. The Morgan fingerprint density at radius 3 is 1.94 bits per heavy atom. The molecule has 0 N–H and O–H groups in total. The molecule has 0 unspecified atom stereocenters. The van der Waals surface area contributed by atoms with Crippen molar-refractivity contribution in [2.24, 2.45) is 0 Å². The van der Waals surface area contributed by atoms with Crippen molar-refractivity contribution in [1.29, 1.82) is 0 Å². The van der Waals surface area contributed by atoms with Crippen molar-refractivity contribution >= 4 is 28.5 Å². The molecule has 0 saturated heterocycles. The average Bonchev–Trinajstić information content (AvgIpc) is 3.21. The first-order chi connectivity index (χ1) is 16.4. The molecule has 0 atom stereocenters. The van der Waals surface area contributed by atoms with Crippen molar-refractivity contribution < 1.29 is 13.2 Å². The lowest BCUT2D eigenvalue weighted by Crippen LogP contribution is -2.07. The zero-order chi connectivity index (χ0) is 23.7. The van der Waals surface area contributed by atoms with Gasteiger partial charge < -0.3 is 4.57 Å². The van der Waals surface area contributed by atoms with Crippen molar-refractivity contribution in [3.63, 3.8) is 0 Å². The van der Waals surface area contributed by atoms with E-state index in [4.69, 9.17) is 0 Å². The van der Waals surface area contributed by atoms with E-state index in [0.717, 1.165) is 27.8 Å². The molecule has 34 heavy (non-hydrogen) atoms. The molecule has 0 aliphatic heterocycles. The number of alkyl halides is 3. The van der Waals surface area contributed by atoms with Gasteiger partial charge in [0, 0.05) is 41.5 Å². The lowest BCUT2D eigenvalue weighted by atomic mass is 10.1. The van der Waals surface area contributed by atoms with Gasteiger partial charge in [-0.25, -0.2) is 0 Å². The van der Waals surface area contributed by atoms with Crippen LogP contribution in [0.5, 0.6) is 0 Å². The van der Waals surface area contributed by atoms with Crippen LogP contribution in [0.3, 0.4) is 0 Å². The smallest absolute Gasteiger partial charge is 0.316 e. The highest BCUT2D eigenvalue weighted by molar-refractivity contribution is 6.02. The fourth-order valence-electron chi connectivity index (χ4n) is 4.20. The van der Waals surface area contributed by atoms with E-state index in [1.54, 1.807) is 13.0 Å². The molecule has 0 saturated carbocycles. The Labute approximate surface area is 195 Å². The third kappa shape index (κ3) is 4.25. The molecule has 2 nitrogen and oxygen atoms in total. The van der Waals surface area contributed by atoms with Crippen molar-refractivity contribution in [1.82, 2.24) is 9.14 Å². The van der Waals surface area contributed by atoms with Gasteiger partial charge >= 0.3 is 6.18 Å². The Morgan fingerprint density at radius 1 is 0.735 bits per heavy atom. The van der Waals surface area contributed by atoms with Gasteiger partial charge in [-0.05, 0) is 36.8 Å². The Morgan fingerprint density at radius 2 is 1.32 bits per heavy atom. The summed E-state index contributed by atoms with van der Waals surface area (Å²) in [4.78, 5) is 0. The van der Waals surface area contributed by atoms with Gasteiger partial charge in [-0.15, -0.1) is 0 Å². The summed E-state index contributed by atoms with van der Waals surface area (Å²) in [6.07, 6.45) is -0.474. The summed E-state index contributed by atoms with van der Waals surface area (Å²) >= 11 is 0. The molecule has 0 radical (unpaired) electrons. The highest BCUT2D eigenvalue weighted by atomic mass is 19.4. The van der Waals surface area contributed by atoms with Gasteiger partial charge in [-0.3, -0.25) is 0 Å². The van der Waals surface area contributed by atoms with Crippen LogP contribution in [0.4, 0.5) is 24.5 Å². The van der Waals surface area contributed by atoms with E-state index >= 15 is 0 Å². The second-order valence-electron chi connectivity index (χ2n) is 8.20. The number of hydrogen-bond donors (Lipinski definition) is 0. The van der Waals surface area contributed by atoms with Gasteiger partial charge in [0.2, 0.25) is 11.4 Å². The number of halogens is 3. The fraction of sp³-hybridized carbons (Fsp3) is 0.0690. The maximum atomic E-state index is 13.5. The SMILES string of the molecule is Cc1cc(-n2cc(C=[N+](c3ccccc3)c3ccccc3)c3ccccc32)cc(C(F)(F)F)c1. The lowest BCUT2D eigenvalue weighted by Gasteiger charge is -2.12. The molecule has 0 spiro atoms. The van der Waals surface area contributed by atoms with Gasteiger partial charge in [0.15, 0.2) is 6.21 Å². The molecule has 0 aliphatic rings. The first-order valence-electron chi connectivity index (χ1n) is 10.9. The summed E-state index contributed by atoms with van der Waals surface area (Å²) in [6.45, 7) is 1.68. The van der Waals surface area contributed by atoms with Crippen LogP contribution in [0.25, 0.3) is 16.6 Å². The number of aromatic nitrogens is 1. The van der Waals surface area contributed by atoms with E-state index in [2.05, 4.69) is 4.58 Å². The van der Waals surface area contributed by atoms with Crippen LogP contribution in [-0.4, -0.2) is 10.8 Å². The zero-order valence-corrected chi connectivity index (χ0v) is 18.5. The molecule has 0 amide bonds. The average molecular weight is 456 g/mol.